The van der Waals surface area contributed by atoms with Crippen molar-refractivity contribution in [3.05, 3.63) is 24.3 Å². The molecule has 2 saturated heterocycles. The normalized spacial score (nSPS) is 31.9. The fraction of sp³-hybridized carbons (Fsp3) is 0.692. The van der Waals surface area contributed by atoms with Crippen molar-refractivity contribution in [1.29, 1.82) is 0 Å². The quantitative estimate of drug-likeness (QED) is 0.862. The maximum Gasteiger partial charge on any atom is 0.115 e. The first kappa shape index (κ1) is 12.0. The lowest BCUT2D eigenvalue weighted by molar-refractivity contribution is -0.0895. The fourth-order valence-electron chi connectivity index (χ4n) is 2.74. The maximum atomic E-state index is 5.92. The van der Waals surface area contributed by atoms with E-state index in [0.29, 0.717) is 6.04 Å². The van der Waals surface area contributed by atoms with Crippen LogP contribution in [-0.4, -0.2) is 41.4 Å². The molecular weight excluding hydrogens is 230 g/mol. The van der Waals surface area contributed by atoms with E-state index in [9.17, 15) is 0 Å². The zero-order valence-electron chi connectivity index (χ0n) is 10.5. The van der Waals surface area contributed by atoms with Gasteiger partial charge < -0.3 is 14.8 Å². The highest BCUT2D eigenvalue weighted by Crippen LogP contribution is 2.32. The van der Waals surface area contributed by atoms with E-state index < -0.39 is 0 Å². The number of ether oxygens (including phenoxy) is 2. The van der Waals surface area contributed by atoms with Gasteiger partial charge in [-0.15, -0.1) is 0 Å². The minimum atomic E-state index is -0.0262. The first-order valence-corrected chi connectivity index (χ1v) is 6.56. The second-order valence-corrected chi connectivity index (χ2v) is 5.11. The molecule has 5 heteroatoms. The molecule has 2 aliphatic rings. The second kappa shape index (κ2) is 5.30. The van der Waals surface area contributed by atoms with E-state index in [-0.39, 0.29) is 5.60 Å². The Morgan fingerprint density at radius 2 is 2.44 bits per heavy atom. The van der Waals surface area contributed by atoms with Gasteiger partial charge in [0.2, 0.25) is 0 Å². The highest BCUT2D eigenvalue weighted by atomic mass is 16.6. The van der Waals surface area contributed by atoms with Gasteiger partial charge in [0, 0.05) is 38.4 Å². The molecular formula is C13H19N3O2. The molecule has 0 saturated carbocycles. The summed E-state index contributed by atoms with van der Waals surface area (Å²) in [5.41, 5.74) is 1.01. The van der Waals surface area contributed by atoms with Gasteiger partial charge in [0.15, 0.2) is 0 Å². The summed E-state index contributed by atoms with van der Waals surface area (Å²) in [6.45, 7) is 3.20. The van der Waals surface area contributed by atoms with Crippen LogP contribution in [-0.2, 0) is 16.0 Å². The summed E-state index contributed by atoms with van der Waals surface area (Å²) in [7, 11) is 0. The Balaban J connectivity index is 1.54. The number of hydrogen-bond donors (Lipinski definition) is 1. The summed E-state index contributed by atoms with van der Waals surface area (Å²) in [5, 5.41) is 3.56. The third-order valence-corrected chi connectivity index (χ3v) is 3.78. The predicted molar refractivity (Wildman–Crippen MR) is 66.0 cm³/mol. The van der Waals surface area contributed by atoms with E-state index in [0.717, 1.165) is 51.3 Å². The third kappa shape index (κ3) is 2.68. The smallest absolute Gasteiger partial charge is 0.115 e. The van der Waals surface area contributed by atoms with E-state index in [2.05, 4.69) is 15.3 Å². The summed E-state index contributed by atoms with van der Waals surface area (Å²) in [5.74, 6) is 0. The van der Waals surface area contributed by atoms with Crippen LogP contribution in [0.15, 0.2) is 18.6 Å². The molecule has 0 radical (unpaired) electrons. The molecule has 18 heavy (non-hydrogen) atoms. The lowest BCUT2D eigenvalue weighted by atomic mass is 9.89. The Morgan fingerprint density at radius 3 is 3.22 bits per heavy atom. The topological polar surface area (TPSA) is 56.3 Å². The Morgan fingerprint density at radius 1 is 1.44 bits per heavy atom. The van der Waals surface area contributed by atoms with Crippen molar-refractivity contribution in [3.63, 3.8) is 0 Å². The minimum absolute atomic E-state index is 0.0262. The summed E-state index contributed by atoms with van der Waals surface area (Å²) < 4.78 is 11.4. The van der Waals surface area contributed by atoms with Crippen molar-refractivity contribution in [2.75, 3.05) is 19.8 Å². The molecule has 0 aliphatic carbocycles. The van der Waals surface area contributed by atoms with Crippen LogP contribution < -0.4 is 5.32 Å². The van der Waals surface area contributed by atoms with Crippen molar-refractivity contribution in [2.24, 2.45) is 0 Å². The molecule has 1 N–H and O–H groups in total. The number of rotatable bonds is 3. The lowest BCUT2D eigenvalue weighted by Crippen LogP contribution is -2.47. The molecule has 2 unspecified atom stereocenters. The van der Waals surface area contributed by atoms with Gasteiger partial charge in [0.25, 0.3) is 0 Å². The highest BCUT2D eigenvalue weighted by Gasteiger charge is 2.40. The summed E-state index contributed by atoms with van der Waals surface area (Å²) in [6, 6.07) is 2.44. The summed E-state index contributed by atoms with van der Waals surface area (Å²) >= 11 is 0. The molecule has 1 aromatic rings. The zero-order valence-corrected chi connectivity index (χ0v) is 10.5. The lowest BCUT2D eigenvalue weighted by Gasteiger charge is -2.37. The number of aromatic nitrogens is 2. The molecule has 2 aliphatic heterocycles. The van der Waals surface area contributed by atoms with Gasteiger partial charge in [-0.2, -0.15) is 0 Å². The van der Waals surface area contributed by atoms with Crippen LogP contribution in [0.3, 0.4) is 0 Å². The van der Waals surface area contributed by atoms with Crippen LogP contribution in [0.4, 0.5) is 0 Å². The van der Waals surface area contributed by atoms with Crippen LogP contribution in [0.2, 0.25) is 0 Å². The Hall–Kier alpha value is -1.04. The largest absolute Gasteiger partial charge is 0.378 e. The van der Waals surface area contributed by atoms with Gasteiger partial charge in [-0.05, 0) is 18.9 Å². The van der Waals surface area contributed by atoms with Crippen LogP contribution in [0.25, 0.3) is 0 Å². The number of nitrogens with zero attached hydrogens (tertiary/aromatic N) is 2. The molecule has 98 valence electrons. The summed E-state index contributed by atoms with van der Waals surface area (Å²) in [6.07, 6.45) is 6.50. The van der Waals surface area contributed by atoms with Gasteiger partial charge in [-0.3, -0.25) is 0 Å². The van der Waals surface area contributed by atoms with E-state index in [1.807, 2.05) is 6.07 Å². The van der Waals surface area contributed by atoms with E-state index in [1.165, 1.54) is 0 Å². The Labute approximate surface area is 107 Å². The monoisotopic (exact) mass is 249 g/mol. The van der Waals surface area contributed by atoms with Crippen LogP contribution in [0.1, 0.15) is 25.0 Å². The second-order valence-electron chi connectivity index (χ2n) is 5.11. The van der Waals surface area contributed by atoms with Crippen molar-refractivity contribution in [2.45, 2.75) is 37.5 Å². The molecule has 2 atom stereocenters. The SMILES string of the molecule is c1cc(CNC2CCOC3(CCOC3)C2)ncn1. The molecule has 1 spiro atoms. The zero-order chi connectivity index (χ0) is 12.3. The molecule has 0 aromatic carbocycles. The predicted octanol–water partition coefficient (Wildman–Crippen LogP) is 0.904. The van der Waals surface area contributed by atoms with Crippen molar-refractivity contribution >= 4 is 0 Å². The average molecular weight is 249 g/mol. The molecule has 0 amide bonds. The van der Waals surface area contributed by atoms with E-state index >= 15 is 0 Å². The van der Waals surface area contributed by atoms with Gasteiger partial charge in [0.05, 0.1) is 17.9 Å². The van der Waals surface area contributed by atoms with Crippen LogP contribution >= 0.6 is 0 Å². The van der Waals surface area contributed by atoms with Gasteiger partial charge in [-0.1, -0.05) is 0 Å². The average Bonchev–Trinajstić information content (AvgIpc) is 2.86. The first-order valence-electron chi connectivity index (χ1n) is 6.56. The number of hydrogen-bond acceptors (Lipinski definition) is 5. The van der Waals surface area contributed by atoms with E-state index in [1.54, 1.807) is 12.5 Å². The van der Waals surface area contributed by atoms with Crippen LogP contribution in [0, 0.1) is 0 Å². The van der Waals surface area contributed by atoms with Crippen molar-refractivity contribution < 1.29 is 9.47 Å². The first-order chi connectivity index (χ1) is 8.86. The highest BCUT2D eigenvalue weighted by molar-refractivity contribution is 4.99. The Bertz CT molecular complexity index is 379. The molecule has 5 nitrogen and oxygen atoms in total. The summed E-state index contributed by atoms with van der Waals surface area (Å²) in [4.78, 5) is 8.15. The van der Waals surface area contributed by atoms with Crippen LogP contribution in [0.5, 0.6) is 0 Å². The maximum absolute atomic E-state index is 5.92. The van der Waals surface area contributed by atoms with Gasteiger partial charge >= 0.3 is 0 Å². The molecule has 1 aromatic heterocycles. The molecule has 3 rings (SSSR count). The molecule has 2 fully saturated rings. The standard InChI is InChI=1S/C13H19N3O2/c1-4-14-10-16-12(1)8-15-11-2-5-18-13(7-11)3-6-17-9-13/h1,4,10-11,15H,2-3,5-9H2. The molecule has 0 bridgehead atoms. The number of nitrogens with one attached hydrogen (secondary N) is 1. The minimum Gasteiger partial charge on any atom is -0.378 e. The fourth-order valence-corrected chi connectivity index (χ4v) is 2.74. The Kier molecular flexibility index (Phi) is 3.54. The van der Waals surface area contributed by atoms with Gasteiger partial charge in [-0.25, -0.2) is 9.97 Å². The van der Waals surface area contributed by atoms with E-state index in [4.69, 9.17) is 9.47 Å². The van der Waals surface area contributed by atoms with Crippen molar-refractivity contribution in [1.82, 2.24) is 15.3 Å². The van der Waals surface area contributed by atoms with Gasteiger partial charge in [0.1, 0.15) is 6.33 Å². The molecule has 3 heterocycles. The third-order valence-electron chi connectivity index (χ3n) is 3.78. The van der Waals surface area contributed by atoms with Crippen molar-refractivity contribution in [3.8, 4) is 0 Å².